The van der Waals surface area contributed by atoms with Crippen LogP contribution in [0.15, 0.2) is 183 Å². The van der Waals surface area contributed by atoms with Crippen molar-refractivity contribution in [2.75, 3.05) is 0 Å². The summed E-state index contributed by atoms with van der Waals surface area (Å²) in [5.41, 5.74) is 8.27. The normalized spacial score (nSPS) is 14.7. The van der Waals surface area contributed by atoms with E-state index in [2.05, 4.69) is 139 Å². The van der Waals surface area contributed by atoms with E-state index in [0.717, 1.165) is 82.9 Å². The number of fused-ring (bicyclic) bond motifs is 8. The average Bonchev–Trinajstić information content (AvgIpc) is 3.78. The molecule has 2 aromatic heterocycles. The van der Waals surface area contributed by atoms with Gasteiger partial charge in [-0.05, 0) is 63.0 Å². The Labute approximate surface area is 298 Å². The molecule has 0 saturated heterocycles. The van der Waals surface area contributed by atoms with Crippen LogP contribution in [-0.2, 0) is 0 Å². The summed E-state index contributed by atoms with van der Waals surface area (Å²) < 4.78 is 13.1. The third kappa shape index (κ3) is 4.49. The first-order valence-electron chi connectivity index (χ1n) is 17.5. The number of nitrogens with one attached hydrogen (secondary N) is 1. The van der Waals surface area contributed by atoms with Gasteiger partial charge in [-0.2, -0.15) is 0 Å². The van der Waals surface area contributed by atoms with Crippen LogP contribution in [0.4, 0.5) is 0 Å². The maximum absolute atomic E-state index is 6.59. The SMILES string of the molecule is c1ccc2cc(C3=NC(c4cc(-c5cccc6ccccc56)cc5oc6ccccc6c45)=NC(c4cccc5c4oc4ccccc45)N3)ccc2c1. The van der Waals surface area contributed by atoms with Crippen molar-refractivity contribution in [3.05, 3.63) is 180 Å². The molecule has 52 heavy (non-hydrogen) atoms. The number of benzene rings is 8. The number of hydrogen-bond donors (Lipinski definition) is 1. The zero-order chi connectivity index (χ0) is 34.2. The van der Waals surface area contributed by atoms with E-state index in [1.165, 1.54) is 16.2 Å². The fourth-order valence-electron chi connectivity index (χ4n) is 7.86. The maximum Gasteiger partial charge on any atom is 0.160 e. The smallest absolute Gasteiger partial charge is 0.160 e. The summed E-state index contributed by atoms with van der Waals surface area (Å²) in [7, 11) is 0. The molecule has 244 valence electrons. The van der Waals surface area contributed by atoms with Gasteiger partial charge in [0, 0.05) is 38.2 Å². The lowest BCUT2D eigenvalue weighted by molar-refractivity contribution is 0.628. The van der Waals surface area contributed by atoms with Crippen LogP contribution in [0.3, 0.4) is 0 Å². The van der Waals surface area contributed by atoms with Crippen LogP contribution < -0.4 is 5.32 Å². The van der Waals surface area contributed by atoms with Crippen LogP contribution in [0.5, 0.6) is 0 Å². The minimum absolute atomic E-state index is 0.479. The lowest BCUT2D eigenvalue weighted by Crippen LogP contribution is -2.33. The summed E-state index contributed by atoms with van der Waals surface area (Å²) in [5.74, 6) is 1.36. The number of amidine groups is 2. The lowest BCUT2D eigenvalue weighted by atomic mass is 9.94. The Hall–Kier alpha value is -6.98. The Balaban J connectivity index is 1.19. The summed E-state index contributed by atoms with van der Waals surface area (Å²) >= 11 is 0. The highest BCUT2D eigenvalue weighted by Crippen LogP contribution is 2.40. The molecule has 1 aliphatic rings. The number of hydrogen-bond acceptors (Lipinski definition) is 5. The van der Waals surface area contributed by atoms with Crippen molar-refractivity contribution < 1.29 is 8.83 Å². The van der Waals surface area contributed by atoms with Gasteiger partial charge in [0.05, 0.1) is 0 Å². The minimum Gasteiger partial charge on any atom is -0.456 e. The first-order valence-corrected chi connectivity index (χ1v) is 17.5. The zero-order valence-electron chi connectivity index (χ0n) is 27.9. The van der Waals surface area contributed by atoms with E-state index in [-0.39, 0.29) is 0 Å². The standard InChI is InChI=1S/C47H29N3O2/c1-2-13-30-25-31(24-23-28(30)11-1)45-48-46(38-20-10-19-36-35-16-5-7-21-40(35)52-44(36)38)50-47(49-45)39-26-32(34-18-9-14-29-12-3-4-15-33(29)34)27-42-43(39)37-17-6-8-22-41(37)51-42/h1-27,46H,(H,48,49,50). The second kappa shape index (κ2) is 11.3. The van der Waals surface area contributed by atoms with Crippen LogP contribution in [-0.4, -0.2) is 11.7 Å². The second-order valence-electron chi connectivity index (χ2n) is 13.4. The molecule has 0 spiro atoms. The molecule has 0 amide bonds. The zero-order valence-corrected chi connectivity index (χ0v) is 27.9. The number of nitrogens with zero attached hydrogens (tertiary/aromatic N) is 2. The van der Waals surface area contributed by atoms with Gasteiger partial charge in [0.25, 0.3) is 0 Å². The molecule has 0 aliphatic carbocycles. The first kappa shape index (κ1) is 28.8. The predicted molar refractivity (Wildman–Crippen MR) is 213 cm³/mol. The highest BCUT2D eigenvalue weighted by Gasteiger charge is 2.27. The van der Waals surface area contributed by atoms with Crippen LogP contribution in [0, 0.1) is 0 Å². The third-order valence-electron chi connectivity index (χ3n) is 10.3. The Bertz CT molecular complexity index is 3120. The summed E-state index contributed by atoms with van der Waals surface area (Å²) in [6, 6.07) is 56.9. The van der Waals surface area contributed by atoms with Crippen LogP contribution in [0.25, 0.3) is 76.5 Å². The van der Waals surface area contributed by atoms with E-state index in [0.29, 0.717) is 5.84 Å². The molecule has 5 heteroatoms. The second-order valence-corrected chi connectivity index (χ2v) is 13.4. The fraction of sp³-hybridized carbons (Fsp3) is 0.0213. The van der Waals surface area contributed by atoms with Crippen molar-refractivity contribution >= 4 is 77.1 Å². The summed E-state index contributed by atoms with van der Waals surface area (Å²) in [6.45, 7) is 0. The molecular weight excluding hydrogens is 639 g/mol. The van der Waals surface area contributed by atoms with Crippen molar-refractivity contribution in [1.29, 1.82) is 0 Å². The van der Waals surface area contributed by atoms with Gasteiger partial charge in [0.15, 0.2) is 12.0 Å². The maximum atomic E-state index is 6.59. The molecule has 8 aromatic carbocycles. The van der Waals surface area contributed by atoms with E-state index in [9.17, 15) is 0 Å². The molecule has 1 aliphatic heterocycles. The minimum atomic E-state index is -0.479. The molecule has 0 radical (unpaired) electrons. The van der Waals surface area contributed by atoms with Gasteiger partial charge >= 0.3 is 0 Å². The van der Waals surface area contributed by atoms with Gasteiger partial charge in [-0.15, -0.1) is 0 Å². The molecule has 1 unspecified atom stereocenters. The lowest BCUT2D eigenvalue weighted by Gasteiger charge is -2.24. The quantitative estimate of drug-likeness (QED) is 0.203. The predicted octanol–water partition coefficient (Wildman–Crippen LogP) is 12.0. The van der Waals surface area contributed by atoms with Crippen LogP contribution in [0.1, 0.15) is 22.9 Å². The van der Waals surface area contributed by atoms with E-state index in [1.807, 2.05) is 30.3 Å². The third-order valence-corrected chi connectivity index (χ3v) is 10.3. The summed E-state index contributed by atoms with van der Waals surface area (Å²) in [6.07, 6.45) is -0.479. The van der Waals surface area contributed by atoms with E-state index in [4.69, 9.17) is 18.8 Å². The molecule has 0 bridgehead atoms. The Morgan fingerprint density at radius 2 is 1.15 bits per heavy atom. The van der Waals surface area contributed by atoms with Gasteiger partial charge in [-0.3, -0.25) is 0 Å². The van der Waals surface area contributed by atoms with Crippen LogP contribution >= 0.6 is 0 Å². The molecule has 1 N–H and O–H groups in total. The molecule has 1 atom stereocenters. The number of furan rings is 2. The highest BCUT2D eigenvalue weighted by molar-refractivity contribution is 6.23. The van der Waals surface area contributed by atoms with E-state index < -0.39 is 6.17 Å². The Morgan fingerprint density at radius 1 is 0.462 bits per heavy atom. The van der Waals surface area contributed by atoms with Crippen molar-refractivity contribution in [2.24, 2.45) is 9.98 Å². The van der Waals surface area contributed by atoms with Gasteiger partial charge in [-0.1, -0.05) is 133 Å². The van der Waals surface area contributed by atoms with Crippen molar-refractivity contribution in [1.82, 2.24) is 5.32 Å². The number of rotatable bonds is 4. The first-order chi connectivity index (χ1) is 25.7. The molecule has 3 heterocycles. The molecular formula is C47H29N3O2. The molecule has 10 aromatic rings. The van der Waals surface area contributed by atoms with Crippen molar-refractivity contribution in [3.63, 3.8) is 0 Å². The number of aliphatic imine (C=N–C) groups is 2. The van der Waals surface area contributed by atoms with Crippen LogP contribution in [0.2, 0.25) is 0 Å². The van der Waals surface area contributed by atoms with Gasteiger partial charge in [0.1, 0.15) is 28.2 Å². The Morgan fingerprint density at radius 3 is 2.04 bits per heavy atom. The monoisotopic (exact) mass is 667 g/mol. The largest absolute Gasteiger partial charge is 0.456 e. The van der Waals surface area contributed by atoms with Gasteiger partial charge in [0.2, 0.25) is 0 Å². The Kier molecular flexibility index (Phi) is 6.25. The van der Waals surface area contributed by atoms with E-state index in [1.54, 1.807) is 0 Å². The van der Waals surface area contributed by atoms with Gasteiger partial charge in [-0.25, -0.2) is 9.98 Å². The molecule has 0 fully saturated rings. The summed E-state index contributed by atoms with van der Waals surface area (Å²) in [5, 5.41) is 12.5. The highest BCUT2D eigenvalue weighted by atomic mass is 16.3. The molecule has 5 nitrogen and oxygen atoms in total. The topological polar surface area (TPSA) is 63.0 Å². The van der Waals surface area contributed by atoms with Gasteiger partial charge < -0.3 is 14.2 Å². The van der Waals surface area contributed by atoms with E-state index >= 15 is 0 Å². The molecule has 0 saturated carbocycles. The average molecular weight is 668 g/mol. The summed E-state index contributed by atoms with van der Waals surface area (Å²) in [4.78, 5) is 10.8. The fourth-order valence-corrected chi connectivity index (χ4v) is 7.86. The van der Waals surface area contributed by atoms with Crippen molar-refractivity contribution in [2.45, 2.75) is 6.17 Å². The van der Waals surface area contributed by atoms with Crippen molar-refractivity contribution in [3.8, 4) is 11.1 Å². The molecule has 11 rings (SSSR count). The number of para-hydroxylation sites is 3.